The van der Waals surface area contributed by atoms with Crippen molar-refractivity contribution < 1.29 is 0 Å². The molecule has 0 spiro atoms. The quantitative estimate of drug-likeness (QED) is 0.598. The number of nitrogens with two attached hydrogens (primary N) is 1. The van der Waals surface area contributed by atoms with Gasteiger partial charge in [-0.25, -0.2) is 4.79 Å². The van der Waals surface area contributed by atoms with Crippen LogP contribution in [0.15, 0.2) is 27.8 Å². The van der Waals surface area contributed by atoms with Crippen LogP contribution in [-0.4, -0.2) is 21.2 Å². The lowest BCUT2D eigenvalue weighted by molar-refractivity contribution is 0.507. The van der Waals surface area contributed by atoms with Gasteiger partial charge in [0.15, 0.2) is 10.8 Å². The van der Waals surface area contributed by atoms with Gasteiger partial charge in [0.25, 0.3) is 5.56 Å². The highest BCUT2D eigenvalue weighted by Crippen LogP contribution is 2.22. The van der Waals surface area contributed by atoms with Crippen molar-refractivity contribution in [3.63, 3.8) is 0 Å². The predicted molar refractivity (Wildman–Crippen MR) is 125 cm³/mol. The number of aryl methyl sites for hydroxylation is 2. The van der Waals surface area contributed by atoms with Crippen molar-refractivity contribution in [2.75, 3.05) is 22.5 Å². The maximum atomic E-state index is 12.7. The summed E-state index contributed by atoms with van der Waals surface area (Å²) in [5.74, 6) is 0.325. The first-order valence-corrected chi connectivity index (χ1v) is 10.3. The first kappa shape index (κ1) is 22.7. The Morgan fingerprint density at radius 2 is 2.00 bits per heavy atom. The number of hydrogen-bond donors (Lipinski definition) is 3. The zero-order valence-electron chi connectivity index (χ0n) is 17.8. The number of unbranched alkanes of at least 4 members (excludes halogenated alkanes) is 1. The molecule has 0 saturated heterocycles. The Bertz CT molecular complexity index is 994. The Morgan fingerprint density at radius 1 is 1.31 bits per heavy atom. The van der Waals surface area contributed by atoms with Crippen LogP contribution in [0.3, 0.4) is 0 Å². The van der Waals surface area contributed by atoms with E-state index in [1.54, 1.807) is 4.90 Å². The third-order valence-electron chi connectivity index (χ3n) is 4.65. The summed E-state index contributed by atoms with van der Waals surface area (Å²) in [5, 5.41) is 3.62. The average molecular weight is 418 g/mol. The number of aromatic amines is 1. The zero-order valence-corrected chi connectivity index (χ0v) is 18.7. The van der Waals surface area contributed by atoms with Gasteiger partial charge in [0.05, 0.1) is 0 Å². The second kappa shape index (κ2) is 9.73. The number of nitrogens with zero attached hydrogens (tertiary/aromatic N) is 2. The summed E-state index contributed by atoms with van der Waals surface area (Å²) in [4.78, 5) is 29.1. The van der Waals surface area contributed by atoms with Gasteiger partial charge in [-0.2, -0.15) is 0 Å². The maximum absolute atomic E-state index is 12.7. The fraction of sp³-hybridized carbons (Fsp3) is 0.476. The standard InChI is InChI=1S/C21H31N5O2S/c1-6-7-10-25(21(29)23-16-11-14(4)8-9-15(16)5)17-18(22)26(12-13(2)3)20(28)24-19(17)27/h8-9,11,13H,6-7,10,12,22H2,1-5H3,(H,23,29)(H,24,27,28). The molecule has 2 rings (SSSR count). The average Bonchev–Trinajstić information content (AvgIpc) is 2.64. The molecule has 0 radical (unpaired) electrons. The number of thiocarbonyl (C=S) groups is 1. The molecule has 158 valence electrons. The van der Waals surface area contributed by atoms with Gasteiger partial charge >= 0.3 is 5.69 Å². The summed E-state index contributed by atoms with van der Waals surface area (Å²) in [5.41, 5.74) is 8.49. The fourth-order valence-corrected chi connectivity index (χ4v) is 3.36. The molecule has 0 aliphatic carbocycles. The van der Waals surface area contributed by atoms with Crippen LogP contribution >= 0.6 is 12.2 Å². The normalized spacial score (nSPS) is 11.0. The smallest absolute Gasteiger partial charge is 0.330 e. The Kier molecular flexibility index (Phi) is 7.61. The molecule has 0 aliphatic rings. The van der Waals surface area contributed by atoms with Crippen molar-refractivity contribution in [2.45, 2.75) is 54.0 Å². The molecule has 0 atom stereocenters. The molecule has 0 amide bonds. The molecule has 0 unspecified atom stereocenters. The summed E-state index contributed by atoms with van der Waals surface area (Å²) in [6, 6.07) is 6.05. The van der Waals surface area contributed by atoms with Crippen molar-refractivity contribution >= 4 is 34.5 Å². The van der Waals surface area contributed by atoms with Crippen LogP contribution in [0, 0.1) is 19.8 Å². The van der Waals surface area contributed by atoms with Crippen LogP contribution in [0.1, 0.15) is 44.7 Å². The van der Waals surface area contributed by atoms with E-state index in [9.17, 15) is 9.59 Å². The Labute approximate surface area is 176 Å². The van der Waals surface area contributed by atoms with E-state index in [0.29, 0.717) is 18.2 Å². The number of anilines is 3. The largest absolute Gasteiger partial charge is 0.383 e. The number of H-pyrrole nitrogens is 1. The van der Waals surface area contributed by atoms with E-state index in [-0.39, 0.29) is 17.4 Å². The number of rotatable bonds is 7. The third-order valence-corrected chi connectivity index (χ3v) is 4.97. The number of benzene rings is 1. The van der Waals surface area contributed by atoms with E-state index < -0.39 is 11.2 Å². The second-order valence-corrected chi connectivity index (χ2v) is 8.14. The summed E-state index contributed by atoms with van der Waals surface area (Å²) in [7, 11) is 0. The highest BCUT2D eigenvalue weighted by molar-refractivity contribution is 7.80. The van der Waals surface area contributed by atoms with E-state index >= 15 is 0 Å². The zero-order chi connectivity index (χ0) is 21.7. The molecule has 2 aromatic rings. The molecule has 8 heteroatoms. The van der Waals surface area contributed by atoms with Gasteiger partial charge in [-0.3, -0.25) is 14.3 Å². The summed E-state index contributed by atoms with van der Waals surface area (Å²) in [6.45, 7) is 11.0. The molecule has 7 nitrogen and oxygen atoms in total. The van der Waals surface area contributed by atoms with E-state index in [2.05, 4.69) is 17.2 Å². The summed E-state index contributed by atoms with van der Waals surface area (Å²) in [6.07, 6.45) is 1.74. The SMILES string of the molecule is CCCCN(C(=S)Nc1cc(C)ccc1C)c1c(N)n(CC(C)C)c(=O)[nH]c1=O. The number of nitrogens with one attached hydrogen (secondary N) is 2. The van der Waals surface area contributed by atoms with Crippen LogP contribution in [0.4, 0.5) is 17.2 Å². The Morgan fingerprint density at radius 3 is 2.62 bits per heavy atom. The van der Waals surface area contributed by atoms with Gasteiger partial charge < -0.3 is 16.0 Å². The third kappa shape index (κ3) is 5.47. The topological polar surface area (TPSA) is 96.2 Å². The molecule has 1 aromatic carbocycles. The molecule has 1 heterocycles. The number of nitrogen functional groups attached to an aromatic ring is 1. The molecular weight excluding hydrogens is 386 g/mol. The molecule has 0 fully saturated rings. The molecule has 0 aliphatic heterocycles. The lowest BCUT2D eigenvalue weighted by Gasteiger charge is -2.27. The lowest BCUT2D eigenvalue weighted by atomic mass is 10.1. The highest BCUT2D eigenvalue weighted by atomic mass is 32.1. The Hall–Kier alpha value is -2.61. The van der Waals surface area contributed by atoms with Crippen molar-refractivity contribution in [3.05, 3.63) is 50.2 Å². The lowest BCUT2D eigenvalue weighted by Crippen LogP contribution is -2.43. The minimum atomic E-state index is -0.534. The molecular formula is C21H31N5O2S. The van der Waals surface area contributed by atoms with Crippen LogP contribution in [0.25, 0.3) is 0 Å². The van der Waals surface area contributed by atoms with E-state index in [0.717, 1.165) is 29.7 Å². The summed E-state index contributed by atoms with van der Waals surface area (Å²) < 4.78 is 1.40. The van der Waals surface area contributed by atoms with E-state index in [1.165, 1.54) is 4.57 Å². The van der Waals surface area contributed by atoms with Gasteiger partial charge in [-0.15, -0.1) is 0 Å². The van der Waals surface area contributed by atoms with Gasteiger partial charge in [0, 0.05) is 18.8 Å². The Balaban J connectivity index is 2.52. The second-order valence-electron chi connectivity index (χ2n) is 7.75. The van der Waals surface area contributed by atoms with Crippen LogP contribution in [-0.2, 0) is 6.54 Å². The van der Waals surface area contributed by atoms with Crippen LogP contribution < -0.4 is 27.2 Å². The minimum absolute atomic E-state index is 0.133. The molecule has 1 aromatic heterocycles. The molecule has 29 heavy (non-hydrogen) atoms. The van der Waals surface area contributed by atoms with E-state index in [4.69, 9.17) is 18.0 Å². The molecule has 0 bridgehead atoms. The maximum Gasteiger partial charge on any atom is 0.330 e. The predicted octanol–water partition coefficient (Wildman–Crippen LogP) is 3.40. The van der Waals surface area contributed by atoms with Crippen molar-refractivity contribution in [1.82, 2.24) is 9.55 Å². The molecule has 0 saturated carbocycles. The first-order valence-electron chi connectivity index (χ1n) is 9.94. The fourth-order valence-electron chi connectivity index (χ4n) is 3.07. The number of hydrogen-bond acceptors (Lipinski definition) is 4. The van der Waals surface area contributed by atoms with Crippen molar-refractivity contribution in [2.24, 2.45) is 5.92 Å². The van der Waals surface area contributed by atoms with Gasteiger partial charge in [-0.1, -0.05) is 39.3 Å². The van der Waals surface area contributed by atoms with Gasteiger partial charge in [0.1, 0.15) is 5.82 Å². The highest BCUT2D eigenvalue weighted by Gasteiger charge is 2.22. The first-order chi connectivity index (χ1) is 13.6. The van der Waals surface area contributed by atoms with E-state index in [1.807, 2.05) is 45.9 Å². The minimum Gasteiger partial charge on any atom is -0.383 e. The van der Waals surface area contributed by atoms with Gasteiger partial charge in [0.2, 0.25) is 0 Å². The van der Waals surface area contributed by atoms with Gasteiger partial charge in [-0.05, 0) is 55.6 Å². The van der Waals surface area contributed by atoms with Crippen molar-refractivity contribution in [3.8, 4) is 0 Å². The molecule has 4 N–H and O–H groups in total. The van der Waals surface area contributed by atoms with Crippen molar-refractivity contribution in [1.29, 1.82) is 0 Å². The number of aromatic nitrogens is 2. The van der Waals surface area contributed by atoms with Crippen LogP contribution in [0.2, 0.25) is 0 Å². The summed E-state index contributed by atoms with van der Waals surface area (Å²) >= 11 is 5.66. The monoisotopic (exact) mass is 417 g/mol. The van der Waals surface area contributed by atoms with Crippen LogP contribution in [0.5, 0.6) is 0 Å².